The molecule has 1 aromatic carbocycles. The van der Waals surface area contributed by atoms with E-state index in [1.165, 1.54) is 0 Å². The van der Waals surface area contributed by atoms with Gasteiger partial charge in [-0.15, -0.1) is 0 Å². The van der Waals surface area contributed by atoms with Crippen LogP contribution in [-0.2, 0) is 9.59 Å². The lowest BCUT2D eigenvalue weighted by Crippen LogP contribution is -2.51. The van der Waals surface area contributed by atoms with E-state index in [-0.39, 0.29) is 11.8 Å². The van der Waals surface area contributed by atoms with Gasteiger partial charge in [-0.25, -0.2) is 0 Å². The van der Waals surface area contributed by atoms with Gasteiger partial charge in [0, 0.05) is 11.6 Å². The molecule has 2 rings (SSSR count). The Morgan fingerprint density at radius 2 is 1.79 bits per heavy atom. The summed E-state index contributed by atoms with van der Waals surface area (Å²) in [5, 5.41) is 11.9. The highest BCUT2D eigenvalue weighted by atomic mass is 16.4. The maximum atomic E-state index is 12.0. The Kier molecular flexibility index (Phi) is 3.85. The van der Waals surface area contributed by atoms with Crippen LogP contribution in [0, 0.1) is 5.92 Å². The first-order valence-corrected chi connectivity index (χ1v) is 6.39. The number of rotatable bonds is 3. The highest BCUT2D eigenvalue weighted by Crippen LogP contribution is 2.31. The number of amides is 1. The number of benzene rings is 1. The molecule has 102 valence electrons. The van der Waals surface area contributed by atoms with Gasteiger partial charge in [-0.3, -0.25) is 9.59 Å². The van der Waals surface area contributed by atoms with Gasteiger partial charge < -0.3 is 16.2 Å². The van der Waals surface area contributed by atoms with Gasteiger partial charge in [0.25, 0.3) is 0 Å². The van der Waals surface area contributed by atoms with Crippen LogP contribution in [-0.4, -0.2) is 22.5 Å². The van der Waals surface area contributed by atoms with Crippen LogP contribution < -0.4 is 11.1 Å². The number of aliphatic carboxylic acids is 1. The summed E-state index contributed by atoms with van der Waals surface area (Å²) < 4.78 is 0. The zero-order valence-electron chi connectivity index (χ0n) is 10.6. The first-order valence-electron chi connectivity index (χ1n) is 6.39. The van der Waals surface area contributed by atoms with Gasteiger partial charge in [0.05, 0.1) is 0 Å². The Hall–Kier alpha value is -1.88. The molecule has 0 unspecified atom stereocenters. The number of carbonyl (C=O) groups is 2. The van der Waals surface area contributed by atoms with Gasteiger partial charge in [0.2, 0.25) is 5.91 Å². The maximum Gasteiger partial charge on any atom is 0.323 e. The molecule has 0 spiro atoms. The fraction of sp³-hybridized carbons (Fsp3) is 0.429. The number of nitrogens with one attached hydrogen (secondary N) is 1. The second-order valence-electron chi connectivity index (χ2n) is 5.09. The molecule has 0 radical (unpaired) electrons. The van der Waals surface area contributed by atoms with Crippen molar-refractivity contribution in [3.05, 3.63) is 30.3 Å². The third-order valence-corrected chi connectivity index (χ3v) is 3.72. The third kappa shape index (κ3) is 3.12. The van der Waals surface area contributed by atoms with Crippen LogP contribution in [0.15, 0.2) is 30.3 Å². The predicted octanol–water partition coefficient (Wildman–Crippen LogP) is 1.60. The largest absolute Gasteiger partial charge is 0.480 e. The zero-order valence-corrected chi connectivity index (χ0v) is 10.6. The monoisotopic (exact) mass is 262 g/mol. The van der Waals surface area contributed by atoms with E-state index in [4.69, 9.17) is 10.8 Å². The molecule has 4 N–H and O–H groups in total. The average molecular weight is 262 g/mol. The Balaban J connectivity index is 1.91. The van der Waals surface area contributed by atoms with Crippen molar-refractivity contribution in [3.63, 3.8) is 0 Å². The molecule has 1 saturated carbocycles. The lowest BCUT2D eigenvalue weighted by molar-refractivity contribution is -0.145. The van der Waals surface area contributed by atoms with Crippen LogP contribution in [0.1, 0.15) is 25.7 Å². The van der Waals surface area contributed by atoms with Gasteiger partial charge in [-0.2, -0.15) is 0 Å². The Morgan fingerprint density at radius 3 is 2.32 bits per heavy atom. The summed E-state index contributed by atoms with van der Waals surface area (Å²) in [6.45, 7) is 0. The highest BCUT2D eigenvalue weighted by molar-refractivity contribution is 5.92. The van der Waals surface area contributed by atoms with Crippen molar-refractivity contribution < 1.29 is 14.7 Å². The summed E-state index contributed by atoms with van der Waals surface area (Å²) in [7, 11) is 0. The first kappa shape index (κ1) is 13.5. The number of carboxylic acid groups (broad SMARTS) is 1. The molecule has 0 aliphatic heterocycles. The summed E-state index contributed by atoms with van der Waals surface area (Å²) in [4.78, 5) is 23.1. The SMILES string of the molecule is NC1(C(=O)O)CCC(C(=O)Nc2ccccc2)CC1. The molecule has 1 aliphatic carbocycles. The smallest absolute Gasteiger partial charge is 0.323 e. The van der Waals surface area contributed by atoms with Crippen LogP contribution >= 0.6 is 0 Å². The minimum absolute atomic E-state index is 0.0568. The van der Waals surface area contributed by atoms with Crippen molar-refractivity contribution in [2.45, 2.75) is 31.2 Å². The number of carboxylic acids is 1. The Bertz CT molecular complexity index is 465. The van der Waals surface area contributed by atoms with E-state index in [0.29, 0.717) is 25.7 Å². The predicted molar refractivity (Wildman–Crippen MR) is 71.6 cm³/mol. The molecule has 1 amide bonds. The van der Waals surface area contributed by atoms with Crippen LogP contribution in [0.25, 0.3) is 0 Å². The summed E-state index contributed by atoms with van der Waals surface area (Å²) in [6, 6.07) is 9.24. The molecule has 5 heteroatoms. The molecule has 0 aromatic heterocycles. The second kappa shape index (κ2) is 5.40. The van der Waals surface area contributed by atoms with E-state index in [2.05, 4.69) is 5.32 Å². The number of nitrogens with two attached hydrogens (primary N) is 1. The number of hydrogen-bond donors (Lipinski definition) is 3. The standard InChI is InChI=1S/C14H18N2O3/c15-14(13(18)19)8-6-10(7-9-14)12(17)16-11-4-2-1-3-5-11/h1-5,10H,6-9,15H2,(H,16,17)(H,18,19). The van der Waals surface area contributed by atoms with Gasteiger partial charge >= 0.3 is 5.97 Å². The third-order valence-electron chi connectivity index (χ3n) is 3.72. The van der Waals surface area contributed by atoms with E-state index in [1.807, 2.05) is 30.3 Å². The van der Waals surface area contributed by atoms with Crippen LogP contribution in [0.5, 0.6) is 0 Å². The topological polar surface area (TPSA) is 92.4 Å². The molecule has 0 saturated heterocycles. The number of carbonyl (C=O) groups excluding carboxylic acids is 1. The van der Waals surface area contributed by atoms with Gasteiger partial charge in [0.1, 0.15) is 5.54 Å². The average Bonchev–Trinajstić information content (AvgIpc) is 2.40. The molecular formula is C14H18N2O3. The highest BCUT2D eigenvalue weighted by Gasteiger charge is 2.40. The fourth-order valence-electron chi connectivity index (χ4n) is 2.37. The number of anilines is 1. The van der Waals surface area contributed by atoms with Crippen molar-refractivity contribution >= 4 is 17.6 Å². The van der Waals surface area contributed by atoms with E-state index in [0.717, 1.165) is 5.69 Å². The normalized spacial score (nSPS) is 26.7. The summed E-state index contributed by atoms with van der Waals surface area (Å²) in [5.41, 5.74) is 5.38. The quantitative estimate of drug-likeness (QED) is 0.771. The van der Waals surface area contributed by atoms with Crippen molar-refractivity contribution in [2.24, 2.45) is 11.7 Å². The van der Waals surface area contributed by atoms with E-state index >= 15 is 0 Å². The Labute approximate surface area is 111 Å². The second-order valence-corrected chi connectivity index (χ2v) is 5.09. The molecule has 19 heavy (non-hydrogen) atoms. The van der Waals surface area contributed by atoms with Gasteiger partial charge in [-0.1, -0.05) is 18.2 Å². The molecule has 1 aromatic rings. The lowest BCUT2D eigenvalue weighted by Gasteiger charge is -2.32. The van der Waals surface area contributed by atoms with Crippen molar-refractivity contribution in [1.29, 1.82) is 0 Å². The molecule has 0 atom stereocenters. The fourth-order valence-corrected chi connectivity index (χ4v) is 2.37. The molecule has 0 heterocycles. The summed E-state index contributed by atoms with van der Waals surface area (Å²) in [6.07, 6.45) is 1.72. The minimum atomic E-state index is -1.16. The number of hydrogen-bond acceptors (Lipinski definition) is 3. The maximum absolute atomic E-state index is 12.0. The zero-order chi connectivity index (χ0) is 13.9. The van der Waals surface area contributed by atoms with E-state index in [9.17, 15) is 9.59 Å². The first-order chi connectivity index (χ1) is 9.01. The Morgan fingerprint density at radius 1 is 1.21 bits per heavy atom. The summed E-state index contributed by atoms with van der Waals surface area (Å²) in [5.74, 6) is -1.19. The van der Waals surface area contributed by atoms with Crippen molar-refractivity contribution in [2.75, 3.05) is 5.32 Å². The van der Waals surface area contributed by atoms with E-state index in [1.54, 1.807) is 0 Å². The lowest BCUT2D eigenvalue weighted by atomic mass is 9.77. The van der Waals surface area contributed by atoms with Crippen LogP contribution in [0.2, 0.25) is 0 Å². The molecule has 5 nitrogen and oxygen atoms in total. The molecule has 1 fully saturated rings. The van der Waals surface area contributed by atoms with Crippen LogP contribution in [0.4, 0.5) is 5.69 Å². The van der Waals surface area contributed by atoms with Gasteiger partial charge in [-0.05, 0) is 37.8 Å². The summed E-state index contributed by atoms with van der Waals surface area (Å²) >= 11 is 0. The van der Waals surface area contributed by atoms with Crippen LogP contribution in [0.3, 0.4) is 0 Å². The molecular weight excluding hydrogens is 244 g/mol. The molecule has 0 bridgehead atoms. The minimum Gasteiger partial charge on any atom is -0.480 e. The van der Waals surface area contributed by atoms with Crippen molar-refractivity contribution in [1.82, 2.24) is 0 Å². The molecule has 1 aliphatic rings. The van der Waals surface area contributed by atoms with Crippen molar-refractivity contribution in [3.8, 4) is 0 Å². The number of para-hydroxylation sites is 1. The van der Waals surface area contributed by atoms with Gasteiger partial charge in [0.15, 0.2) is 0 Å². The van der Waals surface area contributed by atoms with E-state index < -0.39 is 11.5 Å².